The van der Waals surface area contributed by atoms with Crippen LogP contribution in [0, 0.1) is 5.92 Å². The summed E-state index contributed by atoms with van der Waals surface area (Å²) in [7, 11) is 0. The lowest BCUT2D eigenvalue weighted by Gasteiger charge is -2.51. The third-order valence-corrected chi connectivity index (χ3v) is 5.27. The van der Waals surface area contributed by atoms with Crippen LogP contribution in [0.1, 0.15) is 59.8 Å². The fourth-order valence-corrected chi connectivity index (χ4v) is 4.00. The van der Waals surface area contributed by atoms with Crippen LogP contribution in [0.2, 0.25) is 0 Å². The first-order valence-electron chi connectivity index (χ1n) is 8.66. The molecule has 0 aromatic heterocycles. The van der Waals surface area contributed by atoms with Crippen LogP contribution < -0.4 is 5.32 Å². The number of hydrogen-bond donors (Lipinski definition) is 1. The van der Waals surface area contributed by atoms with Crippen molar-refractivity contribution in [3.05, 3.63) is 0 Å². The molecule has 3 nitrogen and oxygen atoms in total. The van der Waals surface area contributed by atoms with Crippen LogP contribution in [-0.4, -0.2) is 48.8 Å². The summed E-state index contributed by atoms with van der Waals surface area (Å²) in [5.41, 5.74) is 0.185. The quantitative estimate of drug-likeness (QED) is 0.839. The summed E-state index contributed by atoms with van der Waals surface area (Å²) in [5.74, 6) is 0.915. The molecule has 0 radical (unpaired) electrons. The van der Waals surface area contributed by atoms with E-state index >= 15 is 0 Å². The van der Waals surface area contributed by atoms with Crippen LogP contribution in [0.5, 0.6) is 0 Å². The van der Waals surface area contributed by atoms with Gasteiger partial charge >= 0.3 is 0 Å². The van der Waals surface area contributed by atoms with Gasteiger partial charge in [0.05, 0.1) is 13.2 Å². The molecule has 1 aliphatic carbocycles. The van der Waals surface area contributed by atoms with Crippen molar-refractivity contribution >= 4 is 0 Å². The van der Waals surface area contributed by atoms with Gasteiger partial charge in [-0.15, -0.1) is 0 Å². The van der Waals surface area contributed by atoms with Crippen molar-refractivity contribution in [2.75, 3.05) is 26.3 Å². The van der Waals surface area contributed by atoms with E-state index in [1.807, 2.05) is 0 Å². The SMILES string of the molecule is CCCNC1CCC(CC)CC1N1CCOCC1(C)C. The topological polar surface area (TPSA) is 24.5 Å². The highest BCUT2D eigenvalue weighted by Gasteiger charge is 2.41. The standard InChI is InChI=1S/C17H34N2O/c1-5-9-18-15-8-7-14(6-2)12-16(15)19-10-11-20-13-17(19,3)4/h14-16,18H,5-13H2,1-4H3. The summed E-state index contributed by atoms with van der Waals surface area (Å²) in [6.45, 7) is 13.3. The van der Waals surface area contributed by atoms with Gasteiger partial charge in [0.1, 0.15) is 0 Å². The van der Waals surface area contributed by atoms with Crippen molar-refractivity contribution in [2.24, 2.45) is 5.92 Å². The lowest BCUT2D eigenvalue weighted by molar-refractivity contribution is -0.0884. The monoisotopic (exact) mass is 282 g/mol. The predicted molar refractivity (Wildman–Crippen MR) is 85.1 cm³/mol. The van der Waals surface area contributed by atoms with Gasteiger partial charge in [-0.05, 0) is 52.0 Å². The fraction of sp³-hybridized carbons (Fsp3) is 1.00. The van der Waals surface area contributed by atoms with Crippen molar-refractivity contribution in [3.8, 4) is 0 Å². The van der Waals surface area contributed by atoms with Crippen molar-refractivity contribution in [2.45, 2.75) is 77.4 Å². The van der Waals surface area contributed by atoms with Gasteiger partial charge in [0.15, 0.2) is 0 Å². The first-order valence-corrected chi connectivity index (χ1v) is 8.66. The Bertz CT molecular complexity index is 293. The zero-order valence-corrected chi connectivity index (χ0v) is 14.0. The Morgan fingerprint density at radius 1 is 1.25 bits per heavy atom. The van der Waals surface area contributed by atoms with E-state index in [0.717, 1.165) is 32.2 Å². The molecule has 2 aliphatic rings. The molecule has 2 fully saturated rings. The lowest BCUT2D eigenvalue weighted by atomic mass is 9.78. The van der Waals surface area contributed by atoms with Gasteiger partial charge in [-0.2, -0.15) is 0 Å². The van der Waals surface area contributed by atoms with Crippen LogP contribution >= 0.6 is 0 Å². The number of nitrogens with zero attached hydrogens (tertiary/aromatic N) is 1. The van der Waals surface area contributed by atoms with Crippen molar-refractivity contribution < 1.29 is 4.74 Å². The van der Waals surface area contributed by atoms with Gasteiger partial charge in [0.25, 0.3) is 0 Å². The molecule has 0 bridgehead atoms. The molecule has 0 spiro atoms. The Kier molecular flexibility index (Phi) is 5.88. The lowest BCUT2D eigenvalue weighted by Crippen LogP contribution is -2.63. The van der Waals surface area contributed by atoms with Crippen LogP contribution in [0.4, 0.5) is 0 Å². The first kappa shape index (κ1) is 16.3. The molecule has 0 aromatic carbocycles. The summed E-state index contributed by atoms with van der Waals surface area (Å²) in [4.78, 5) is 2.74. The maximum Gasteiger partial charge on any atom is 0.0645 e. The van der Waals surface area contributed by atoms with Crippen LogP contribution in [0.15, 0.2) is 0 Å². The summed E-state index contributed by atoms with van der Waals surface area (Å²) in [5, 5.41) is 3.82. The minimum absolute atomic E-state index is 0.185. The minimum atomic E-state index is 0.185. The smallest absolute Gasteiger partial charge is 0.0645 e. The molecule has 118 valence electrons. The van der Waals surface area contributed by atoms with E-state index in [1.165, 1.54) is 32.1 Å². The van der Waals surface area contributed by atoms with Crippen molar-refractivity contribution in [1.29, 1.82) is 0 Å². The molecule has 0 aromatic rings. The fourth-order valence-electron chi connectivity index (χ4n) is 4.00. The summed E-state index contributed by atoms with van der Waals surface area (Å²) in [6, 6.07) is 1.37. The molecule has 3 heteroatoms. The Morgan fingerprint density at radius 2 is 2.05 bits per heavy atom. The third-order valence-electron chi connectivity index (χ3n) is 5.27. The van der Waals surface area contributed by atoms with Crippen molar-refractivity contribution in [1.82, 2.24) is 10.2 Å². The maximum absolute atomic E-state index is 5.71. The molecule has 0 amide bonds. The number of morpholine rings is 1. The molecule has 3 unspecified atom stereocenters. The number of nitrogens with one attached hydrogen (secondary N) is 1. The van der Waals surface area contributed by atoms with Crippen LogP contribution in [0.3, 0.4) is 0 Å². The van der Waals surface area contributed by atoms with E-state index in [1.54, 1.807) is 0 Å². The Balaban J connectivity index is 2.08. The maximum atomic E-state index is 5.71. The first-order chi connectivity index (χ1) is 9.58. The summed E-state index contributed by atoms with van der Waals surface area (Å²) in [6.07, 6.45) is 6.67. The van der Waals surface area contributed by atoms with E-state index in [0.29, 0.717) is 12.1 Å². The average molecular weight is 282 g/mol. The normalized spacial score (nSPS) is 35.1. The second kappa shape index (κ2) is 7.24. The van der Waals surface area contributed by atoms with E-state index in [-0.39, 0.29) is 5.54 Å². The predicted octanol–water partition coefficient (Wildman–Crippen LogP) is 3.04. The summed E-state index contributed by atoms with van der Waals surface area (Å²) < 4.78 is 5.71. The molecular weight excluding hydrogens is 248 g/mol. The molecule has 2 rings (SSSR count). The zero-order valence-electron chi connectivity index (χ0n) is 14.0. The number of ether oxygens (including phenoxy) is 1. The van der Waals surface area contributed by atoms with Crippen molar-refractivity contribution in [3.63, 3.8) is 0 Å². The Hall–Kier alpha value is -0.120. The van der Waals surface area contributed by atoms with Crippen LogP contribution in [0.25, 0.3) is 0 Å². The highest BCUT2D eigenvalue weighted by molar-refractivity contribution is 4.97. The van der Waals surface area contributed by atoms with Crippen LogP contribution in [-0.2, 0) is 4.74 Å². The zero-order chi connectivity index (χ0) is 14.6. The van der Waals surface area contributed by atoms with Gasteiger partial charge in [-0.3, -0.25) is 4.90 Å². The van der Waals surface area contributed by atoms with E-state index < -0.39 is 0 Å². The summed E-state index contributed by atoms with van der Waals surface area (Å²) >= 11 is 0. The Labute approximate surface area is 125 Å². The van der Waals surface area contributed by atoms with Gasteiger partial charge in [-0.1, -0.05) is 20.3 Å². The molecule has 1 aliphatic heterocycles. The molecule has 1 heterocycles. The molecule has 3 atom stereocenters. The number of rotatable bonds is 5. The second-order valence-corrected chi connectivity index (χ2v) is 7.27. The second-order valence-electron chi connectivity index (χ2n) is 7.27. The molecule has 1 N–H and O–H groups in total. The van der Waals surface area contributed by atoms with Gasteiger partial charge in [0.2, 0.25) is 0 Å². The molecule has 1 saturated carbocycles. The highest BCUT2D eigenvalue weighted by Crippen LogP contribution is 2.34. The highest BCUT2D eigenvalue weighted by atomic mass is 16.5. The van der Waals surface area contributed by atoms with Gasteiger partial charge < -0.3 is 10.1 Å². The molecular formula is C17H34N2O. The third kappa shape index (κ3) is 3.75. The minimum Gasteiger partial charge on any atom is -0.378 e. The molecule has 20 heavy (non-hydrogen) atoms. The van der Waals surface area contributed by atoms with E-state index in [9.17, 15) is 0 Å². The van der Waals surface area contributed by atoms with Gasteiger partial charge in [-0.25, -0.2) is 0 Å². The van der Waals surface area contributed by atoms with Gasteiger partial charge in [0, 0.05) is 24.2 Å². The molecule has 1 saturated heterocycles. The van der Waals surface area contributed by atoms with E-state index in [2.05, 4.69) is 37.9 Å². The average Bonchev–Trinajstić information content (AvgIpc) is 2.44. The largest absolute Gasteiger partial charge is 0.378 e. The Morgan fingerprint density at radius 3 is 2.70 bits per heavy atom. The van der Waals surface area contributed by atoms with E-state index in [4.69, 9.17) is 4.74 Å². The number of hydrogen-bond acceptors (Lipinski definition) is 3.